The van der Waals surface area contributed by atoms with Gasteiger partial charge in [-0.1, -0.05) is 46.6 Å². The van der Waals surface area contributed by atoms with Gasteiger partial charge in [0, 0.05) is 4.90 Å². The van der Waals surface area contributed by atoms with Crippen molar-refractivity contribution in [3.63, 3.8) is 0 Å². The molecule has 22 heavy (non-hydrogen) atoms. The molecule has 0 amide bonds. The second-order valence-corrected chi connectivity index (χ2v) is 7.88. The zero-order chi connectivity index (χ0) is 16.9. The molecule has 0 fully saturated rings. The molecule has 0 saturated carbocycles. The first-order valence-electron chi connectivity index (χ1n) is 6.60. The standard InChI is InChI=1S/C9H12O3S.C7H9NS/c1-6-4-7(2)9(8(3)5-6)13(10,11)12;1-9(8)7-5-3-2-4-6-7/h4-5H,1-3H3,(H,10,11,12);2-6,8H,1H3. The first-order valence-corrected chi connectivity index (χ1v) is 9.67. The molecule has 2 rings (SSSR count). The highest BCUT2D eigenvalue weighted by Gasteiger charge is 2.15. The largest absolute Gasteiger partial charge is 0.295 e. The van der Waals surface area contributed by atoms with Crippen LogP contribution in [-0.2, 0) is 20.8 Å². The highest BCUT2D eigenvalue weighted by atomic mass is 32.2. The van der Waals surface area contributed by atoms with Crippen LogP contribution in [0.3, 0.4) is 0 Å². The van der Waals surface area contributed by atoms with E-state index < -0.39 is 10.1 Å². The number of hydrogen-bond donors (Lipinski definition) is 2. The van der Waals surface area contributed by atoms with Gasteiger partial charge in [0.05, 0.1) is 4.90 Å². The van der Waals surface area contributed by atoms with E-state index in [4.69, 9.17) is 9.33 Å². The van der Waals surface area contributed by atoms with Crippen molar-refractivity contribution < 1.29 is 13.0 Å². The lowest BCUT2D eigenvalue weighted by molar-refractivity contribution is 0.482. The Morgan fingerprint density at radius 3 is 1.77 bits per heavy atom. The minimum absolute atomic E-state index is 0.0260. The molecule has 0 saturated heterocycles. The molecule has 0 aliphatic carbocycles. The fourth-order valence-electron chi connectivity index (χ4n) is 2.20. The minimum atomic E-state index is -4.08. The summed E-state index contributed by atoms with van der Waals surface area (Å²) in [6, 6.07) is 13.3. The van der Waals surface area contributed by atoms with Crippen molar-refractivity contribution in [3.8, 4) is 0 Å². The number of hydrogen-bond acceptors (Lipinski definition) is 3. The monoisotopic (exact) mass is 339 g/mol. The van der Waals surface area contributed by atoms with E-state index in [1.54, 1.807) is 26.0 Å². The summed E-state index contributed by atoms with van der Waals surface area (Å²) in [5.41, 5.74) is 2.16. The maximum absolute atomic E-state index is 10.9. The van der Waals surface area contributed by atoms with Gasteiger partial charge >= 0.3 is 0 Å². The molecule has 1 atom stereocenters. The Morgan fingerprint density at radius 2 is 1.45 bits per heavy atom. The summed E-state index contributed by atoms with van der Waals surface area (Å²) in [6.45, 7) is 5.22. The molecule has 6 heteroatoms. The fraction of sp³-hybridized carbons (Fsp3) is 0.250. The van der Waals surface area contributed by atoms with Gasteiger partial charge in [-0.05, 0) is 50.3 Å². The van der Waals surface area contributed by atoms with Gasteiger partial charge in [0.2, 0.25) is 0 Å². The van der Waals surface area contributed by atoms with Crippen LogP contribution in [0.1, 0.15) is 16.7 Å². The van der Waals surface area contributed by atoms with Crippen LogP contribution < -0.4 is 0 Å². The van der Waals surface area contributed by atoms with Crippen LogP contribution in [0.25, 0.3) is 0 Å². The first kappa shape index (κ1) is 18.5. The van der Waals surface area contributed by atoms with Crippen LogP contribution in [0.5, 0.6) is 0 Å². The van der Waals surface area contributed by atoms with E-state index in [1.807, 2.05) is 43.5 Å². The van der Waals surface area contributed by atoms with Crippen molar-refractivity contribution >= 4 is 20.8 Å². The third-order valence-electron chi connectivity index (χ3n) is 2.96. The Bertz CT molecular complexity index is 746. The summed E-state index contributed by atoms with van der Waals surface area (Å²) in [6.07, 6.45) is 1.90. The molecule has 0 heterocycles. The van der Waals surface area contributed by atoms with Crippen molar-refractivity contribution in [1.82, 2.24) is 0 Å². The normalized spacial score (nSPS) is 12.2. The SMILES string of the molecule is CS(=N)c1ccccc1.Cc1cc(C)c(S(=O)(=O)O)c(C)c1. The van der Waals surface area contributed by atoms with Crippen LogP contribution >= 0.6 is 0 Å². The molecule has 4 nitrogen and oxygen atoms in total. The van der Waals surface area contributed by atoms with Crippen LogP contribution in [0.2, 0.25) is 0 Å². The summed E-state index contributed by atoms with van der Waals surface area (Å²) in [5.74, 6) is 0. The molecule has 0 aliphatic rings. The van der Waals surface area contributed by atoms with E-state index >= 15 is 0 Å². The number of benzene rings is 2. The van der Waals surface area contributed by atoms with Gasteiger partial charge in [0.15, 0.2) is 0 Å². The molecular formula is C16H21NO3S2. The lowest BCUT2D eigenvalue weighted by Gasteiger charge is -2.07. The molecule has 0 aromatic heterocycles. The Kier molecular flexibility index (Phi) is 6.47. The summed E-state index contributed by atoms with van der Waals surface area (Å²) in [4.78, 5) is 1.13. The molecule has 0 bridgehead atoms. The second-order valence-electron chi connectivity index (χ2n) is 5.03. The average Bonchev–Trinajstić information content (AvgIpc) is 2.37. The van der Waals surface area contributed by atoms with Gasteiger partial charge in [-0.2, -0.15) is 8.42 Å². The van der Waals surface area contributed by atoms with E-state index in [0.717, 1.165) is 10.5 Å². The minimum Gasteiger partial charge on any atom is -0.282 e. The number of nitrogens with one attached hydrogen (secondary N) is 1. The van der Waals surface area contributed by atoms with Crippen LogP contribution in [0.15, 0.2) is 52.3 Å². The van der Waals surface area contributed by atoms with Gasteiger partial charge in [-0.15, -0.1) is 0 Å². The fourth-order valence-corrected chi connectivity index (χ4v) is 3.70. The quantitative estimate of drug-likeness (QED) is 0.814. The number of aryl methyl sites for hydroxylation is 3. The van der Waals surface area contributed by atoms with Crippen LogP contribution in [-0.4, -0.2) is 19.2 Å². The van der Waals surface area contributed by atoms with Crippen molar-refractivity contribution in [2.45, 2.75) is 30.6 Å². The molecule has 0 spiro atoms. The smallest absolute Gasteiger partial charge is 0.282 e. The maximum atomic E-state index is 10.9. The summed E-state index contributed by atoms with van der Waals surface area (Å²) in [5, 5.41) is 0. The van der Waals surface area contributed by atoms with E-state index in [1.165, 1.54) is 0 Å². The zero-order valence-corrected chi connectivity index (χ0v) is 14.8. The molecule has 0 radical (unpaired) electrons. The Balaban J connectivity index is 0.000000235. The third kappa shape index (κ3) is 5.36. The molecule has 0 aliphatic heterocycles. The topological polar surface area (TPSA) is 78.2 Å². The van der Waals surface area contributed by atoms with Crippen LogP contribution in [0, 0.1) is 25.6 Å². The lowest BCUT2D eigenvalue weighted by Crippen LogP contribution is -2.04. The molecule has 120 valence electrons. The molecule has 2 aromatic rings. The molecular weight excluding hydrogens is 318 g/mol. The van der Waals surface area contributed by atoms with Gasteiger partial charge in [-0.3, -0.25) is 9.33 Å². The van der Waals surface area contributed by atoms with E-state index in [9.17, 15) is 8.42 Å². The lowest BCUT2D eigenvalue weighted by atomic mass is 10.1. The molecule has 1 unspecified atom stereocenters. The highest BCUT2D eigenvalue weighted by Crippen LogP contribution is 2.20. The van der Waals surface area contributed by atoms with Crippen LogP contribution in [0.4, 0.5) is 0 Å². The predicted molar refractivity (Wildman–Crippen MR) is 91.2 cm³/mol. The second kappa shape index (κ2) is 7.67. The predicted octanol–water partition coefficient (Wildman–Crippen LogP) is 3.91. The first-order chi connectivity index (χ1) is 10.1. The van der Waals surface area contributed by atoms with Crippen molar-refractivity contribution in [3.05, 3.63) is 59.2 Å². The van der Waals surface area contributed by atoms with Gasteiger partial charge in [-0.25, -0.2) is 0 Å². The Hall–Kier alpha value is -1.50. The van der Waals surface area contributed by atoms with Crippen molar-refractivity contribution in [1.29, 1.82) is 4.78 Å². The van der Waals surface area contributed by atoms with Gasteiger partial charge < -0.3 is 0 Å². The van der Waals surface area contributed by atoms with E-state index in [-0.39, 0.29) is 15.6 Å². The van der Waals surface area contributed by atoms with Gasteiger partial charge in [0.1, 0.15) is 0 Å². The summed E-state index contributed by atoms with van der Waals surface area (Å²) in [7, 11) is -4.41. The zero-order valence-electron chi connectivity index (χ0n) is 13.1. The maximum Gasteiger partial charge on any atom is 0.295 e. The Labute approximate surface area is 134 Å². The third-order valence-corrected chi connectivity index (χ3v) is 5.10. The Morgan fingerprint density at radius 1 is 1.00 bits per heavy atom. The molecule has 2 aromatic carbocycles. The van der Waals surface area contributed by atoms with Gasteiger partial charge in [0.25, 0.3) is 10.1 Å². The highest BCUT2D eigenvalue weighted by molar-refractivity contribution is 7.86. The average molecular weight is 339 g/mol. The number of rotatable bonds is 2. The van der Waals surface area contributed by atoms with Crippen molar-refractivity contribution in [2.24, 2.45) is 0 Å². The summed E-state index contributed by atoms with van der Waals surface area (Å²) >= 11 is 0. The van der Waals surface area contributed by atoms with E-state index in [0.29, 0.717) is 11.1 Å². The molecule has 2 N–H and O–H groups in total. The van der Waals surface area contributed by atoms with Crippen molar-refractivity contribution in [2.75, 3.05) is 6.26 Å². The summed E-state index contributed by atoms with van der Waals surface area (Å²) < 4.78 is 38.1. The van der Waals surface area contributed by atoms with E-state index in [2.05, 4.69) is 0 Å².